The van der Waals surface area contributed by atoms with Crippen molar-refractivity contribution in [3.8, 4) is 11.5 Å². The van der Waals surface area contributed by atoms with E-state index >= 15 is 0 Å². The van der Waals surface area contributed by atoms with Crippen molar-refractivity contribution in [2.75, 3.05) is 13.7 Å². The summed E-state index contributed by atoms with van der Waals surface area (Å²) in [7, 11) is 1.67. The Morgan fingerprint density at radius 1 is 0.815 bits per heavy atom. The summed E-state index contributed by atoms with van der Waals surface area (Å²) in [5, 5.41) is 3.43. The Morgan fingerprint density at radius 3 is 2.30 bits per heavy atom. The highest BCUT2D eigenvalue weighted by atomic mass is 35.5. The zero-order chi connectivity index (χ0) is 18.0. The Kier molecular flexibility index (Phi) is 8.62. The normalized spacial score (nSPS) is 10.1. The predicted molar refractivity (Wildman–Crippen MR) is 103 cm³/mol. The molecular formula is C22H24ClN2O2-. The summed E-state index contributed by atoms with van der Waals surface area (Å²) in [4.78, 5) is 4.03. The van der Waals surface area contributed by atoms with Gasteiger partial charge in [-0.05, 0) is 41.0 Å². The van der Waals surface area contributed by atoms with E-state index in [9.17, 15) is 0 Å². The summed E-state index contributed by atoms with van der Waals surface area (Å²) in [6.07, 6.45) is 4.49. The Bertz CT molecular complexity index is 798. The van der Waals surface area contributed by atoms with Gasteiger partial charge in [-0.2, -0.15) is 0 Å². The summed E-state index contributed by atoms with van der Waals surface area (Å²) in [6, 6.07) is 20.4. The first-order valence-corrected chi connectivity index (χ1v) is 8.78. The minimum atomic E-state index is 0. The van der Waals surface area contributed by atoms with Crippen molar-refractivity contribution in [3.05, 3.63) is 89.7 Å². The highest BCUT2D eigenvalue weighted by molar-refractivity contribution is 5.43. The standard InChI is InChI=1S/C22H24N2O2.ClH/c1-25-22-15-20(17-24-16-19-9-12-23-13-10-19)7-8-21(22)26-14-11-18-5-3-2-4-6-18;/h2-10,12-13,15,24H,11,14,16-17H2,1H3;1H/p-1. The molecule has 1 aromatic heterocycles. The van der Waals surface area contributed by atoms with Crippen molar-refractivity contribution in [1.29, 1.82) is 0 Å². The van der Waals surface area contributed by atoms with Crippen LogP contribution in [-0.4, -0.2) is 18.7 Å². The van der Waals surface area contributed by atoms with Crippen molar-refractivity contribution in [2.24, 2.45) is 0 Å². The molecule has 1 N–H and O–H groups in total. The van der Waals surface area contributed by atoms with Crippen molar-refractivity contribution >= 4 is 0 Å². The van der Waals surface area contributed by atoms with E-state index in [1.807, 2.05) is 54.9 Å². The number of rotatable bonds is 9. The van der Waals surface area contributed by atoms with Gasteiger partial charge in [0.2, 0.25) is 0 Å². The van der Waals surface area contributed by atoms with Crippen LogP contribution in [0.5, 0.6) is 11.5 Å². The van der Waals surface area contributed by atoms with Crippen LogP contribution in [0.15, 0.2) is 73.1 Å². The maximum Gasteiger partial charge on any atom is 0.161 e. The lowest BCUT2D eigenvalue weighted by molar-refractivity contribution is -0.00000604. The SMILES string of the molecule is COc1cc(CNCc2ccncc2)ccc1OCCc1ccccc1.[Cl-]. The summed E-state index contributed by atoms with van der Waals surface area (Å²) in [5.74, 6) is 1.54. The first kappa shape index (κ1) is 20.7. The predicted octanol–water partition coefficient (Wildman–Crippen LogP) is 1.01. The number of nitrogens with one attached hydrogen (secondary N) is 1. The molecular weight excluding hydrogens is 360 g/mol. The third-order valence-electron chi connectivity index (χ3n) is 4.13. The maximum absolute atomic E-state index is 5.91. The monoisotopic (exact) mass is 383 g/mol. The molecule has 0 atom stereocenters. The molecule has 0 saturated heterocycles. The molecule has 0 fully saturated rings. The maximum atomic E-state index is 5.91. The van der Waals surface area contributed by atoms with Crippen molar-refractivity contribution in [3.63, 3.8) is 0 Å². The van der Waals surface area contributed by atoms with Gasteiger partial charge in [-0.1, -0.05) is 36.4 Å². The van der Waals surface area contributed by atoms with E-state index in [0.717, 1.165) is 36.6 Å². The second kappa shape index (κ2) is 11.2. The molecule has 5 heteroatoms. The van der Waals surface area contributed by atoms with E-state index in [2.05, 4.69) is 28.5 Å². The lowest BCUT2D eigenvalue weighted by Gasteiger charge is -2.13. The van der Waals surface area contributed by atoms with Crippen LogP contribution in [0.3, 0.4) is 0 Å². The van der Waals surface area contributed by atoms with Crippen LogP contribution < -0.4 is 27.2 Å². The number of halogens is 1. The van der Waals surface area contributed by atoms with Crippen LogP contribution in [-0.2, 0) is 19.5 Å². The number of methoxy groups -OCH3 is 1. The van der Waals surface area contributed by atoms with E-state index in [-0.39, 0.29) is 12.4 Å². The fourth-order valence-electron chi connectivity index (χ4n) is 2.72. The topological polar surface area (TPSA) is 43.4 Å². The molecule has 1 heterocycles. The smallest absolute Gasteiger partial charge is 0.161 e. The van der Waals surface area contributed by atoms with Crippen LogP contribution >= 0.6 is 0 Å². The average Bonchev–Trinajstić information content (AvgIpc) is 2.70. The van der Waals surface area contributed by atoms with Gasteiger partial charge in [0, 0.05) is 31.9 Å². The van der Waals surface area contributed by atoms with Crippen LogP contribution in [0, 0.1) is 0 Å². The average molecular weight is 384 g/mol. The van der Waals surface area contributed by atoms with Gasteiger partial charge in [0.1, 0.15) is 0 Å². The van der Waals surface area contributed by atoms with Gasteiger partial charge in [-0.15, -0.1) is 0 Å². The third kappa shape index (κ3) is 6.59. The second-order valence-corrected chi connectivity index (χ2v) is 6.03. The summed E-state index contributed by atoms with van der Waals surface area (Å²) in [5.41, 5.74) is 3.64. The minimum absolute atomic E-state index is 0. The molecule has 27 heavy (non-hydrogen) atoms. The Morgan fingerprint density at radius 2 is 1.56 bits per heavy atom. The number of ether oxygens (including phenoxy) is 2. The molecule has 0 aliphatic rings. The van der Waals surface area contributed by atoms with Crippen LogP contribution in [0.1, 0.15) is 16.7 Å². The van der Waals surface area contributed by atoms with Crippen LogP contribution in [0.2, 0.25) is 0 Å². The molecule has 0 amide bonds. The van der Waals surface area contributed by atoms with E-state index in [0.29, 0.717) is 6.61 Å². The van der Waals surface area contributed by atoms with Gasteiger partial charge < -0.3 is 27.2 Å². The molecule has 0 aliphatic heterocycles. The van der Waals surface area contributed by atoms with Gasteiger partial charge in [0.15, 0.2) is 11.5 Å². The molecule has 3 rings (SSSR count). The summed E-state index contributed by atoms with van der Waals surface area (Å²) < 4.78 is 11.4. The number of aromatic nitrogens is 1. The van der Waals surface area contributed by atoms with Gasteiger partial charge in [-0.25, -0.2) is 0 Å². The molecule has 0 spiro atoms. The van der Waals surface area contributed by atoms with E-state index < -0.39 is 0 Å². The number of nitrogens with zero attached hydrogens (tertiary/aromatic N) is 1. The van der Waals surface area contributed by atoms with Crippen molar-refractivity contribution in [1.82, 2.24) is 10.3 Å². The van der Waals surface area contributed by atoms with E-state index in [4.69, 9.17) is 9.47 Å². The molecule has 0 unspecified atom stereocenters. The summed E-state index contributed by atoms with van der Waals surface area (Å²) in [6.45, 7) is 2.20. The lowest BCUT2D eigenvalue weighted by atomic mass is 10.1. The highest BCUT2D eigenvalue weighted by Crippen LogP contribution is 2.28. The molecule has 0 radical (unpaired) electrons. The molecule has 4 nitrogen and oxygen atoms in total. The van der Waals surface area contributed by atoms with E-state index in [1.165, 1.54) is 11.1 Å². The van der Waals surface area contributed by atoms with Crippen molar-refractivity contribution in [2.45, 2.75) is 19.5 Å². The molecule has 142 valence electrons. The van der Waals surface area contributed by atoms with Crippen LogP contribution in [0.4, 0.5) is 0 Å². The largest absolute Gasteiger partial charge is 1.00 e. The molecule has 0 saturated carbocycles. The quantitative estimate of drug-likeness (QED) is 0.599. The Balaban J connectivity index is 0.00000261. The molecule has 3 aromatic rings. The van der Waals surface area contributed by atoms with Crippen molar-refractivity contribution < 1.29 is 21.9 Å². The zero-order valence-corrected chi connectivity index (χ0v) is 16.2. The zero-order valence-electron chi connectivity index (χ0n) is 15.4. The number of pyridine rings is 1. The van der Waals surface area contributed by atoms with E-state index in [1.54, 1.807) is 7.11 Å². The minimum Gasteiger partial charge on any atom is -1.00 e. The first-order chi connectivity index (χ1) is 12.8. The lowest BCUT2D eigenvalue weighted by Crippen LogP contribution is -3.00. The molecule has 0 bridgehead atoms. The fraction of sp³-hybridized carbons (Fsp3) is 0.227. The second-order valence-electron chi connectivity index (χ2n) is 6.03. The third-order valence-corrected chi connectivity index (χ3v) is 4.13. The first-order valence-electron chi connectivity index (χ1n) is 8.78. The molecule has 2 aromatic carbocycles. The molecule has 0 aliphatic carbocycles. The van der Waals surface area contributed by atoms with Crippen LogP contribution in [0.25, 0.3) is 0 Å². The summed E-state index contributed by atoms with van der Waals surface area (Å²) >= 11 is 0. The number of benzene rings is 2. The fourth-order valence-corrected chi connectivity index (χ4v) is 2.72. The Labute approximate surface area is 167 Å². The van der Waals surface area contributed by atoms with Gasteiger partial charge in [-0.3, -0.25) is 4.98 Å². The number of hydrogen-bond donors (Lipinski definition) is 1. The highest BCUT2D eigenvalue weighted by Gasteiger charge is 2.06. The van der Waals surface area contributed by atoms with Gasteiger partial charge in [0.05, 0.1) is 13.7 Å². The van der Waals surface area contributed by atoms with Gasteiger partial charge in [0.25, 0.3) is 0 Å². The Hall–Kier alpha value is -2.56. The van der Waals surface area contributed by atoms with Gasteiger partial charge >= 0.3 is 0 Å². The number of hydrogen-bond acceptors (Lipinski definition) is 4.